The molecule has 3 nitrogen and oxygen atoms in total. The summed E-state index contributed by atoms with van der Waals surface area (Å²) < 4.78 is 0. The van der Waals surface area contributed by atoms with Crippen LogP contribution in [-0.2, 0) is 4.79 Å². The number of carboxylic acids is 1. The Bertz CT molecular complexity index is 93.1. The summed E-state index contributed by atoms with van der Waals surface area (Å²) in [6, 6.07) is -0.477. The summed E-state index contributed by atoms with van der Waals surface area (Å²) in [5.41, 5.74) is 0. The van der Waals surface area contributed by atoms with Crippen LogP contribution in [0.4, 0.5) is 0 Å². The Morgan fingerprint density at radius 1 is 1.78 bits per heavy atom. The van der Waals surface area contributed by atoms with Gasteiger partial charge in [0.1, 0.15) is 0 Å². The molecule has 0 aromatic heterocycles. The second-order valence-electron chi connectivity index (χ2n) is 1.95. The zero-order chi connectivity index (χ0) is 7.28. The Kier molecular flexibility index (Phi) is 4.05. The summed E-state index contributed by atoms with van der Waals surface area (Å²) in [6.07, 6.45) is 1.50. The summed E-state index contributed by atoms with van der Waals surface area (Å²) in [6.45, 7) is 1.94. The van der Waals surface area contributed by atoms with Crippen molar-refractivity contribution in [1.82, 2.24) is 5.32 Å². The molecule has 1 unspecified atom stereocenters. The Morgan fingerprint density at radius 2 is 2.33 bits per heavy atom. The van der Waals surface area contributed by atoms with Gasteiger partial charge in [-0.05, 0) is 13.5 Å². The van der Waals surface area contributed by atoms with E-state index in [1.54, 1.807) is 7.05 Å². The van der Waals surface area contributed by atoms with Crippen molar-refractivity contribution in [3.8, 4) is 0 Å². The Morgan fingerprint density at radius 3 is 2.44 bits per heavy atom. The van der Waals surface area contributed by atoms with Crippen molar-refractivity contribution < 1.29 is 9.90 Å². The van der Waals surface area contributed by atoms with Crippen molar-refractivity contribution in [2.75, 3.05) is 7.05 Å². The maximum atomic E-state index is 10.1. The number of nitrogens with one attached hydrogen (secondary N) is 1. The van der Waals surface area contributed by atoms with Crippen molar-refractivity contribution in [1.29, 1.82) is 0 Å². The van der Waals surface area contributed by atoms with Gasteiger partial charge in [0.25, 0.3) is 0 Å². The molecule has 0 saturated carbocycles. The average Bonchev–Trinajstić information content (AvgIpc) is 1.82. The van der Waals surface area contributed by atoms with Crippen LogP contribution in [-0.4, -0.2) is 19.1 Å². The van der Waals surface area contributed by atoms with Crippen molar-refractivity contribution in [2.45, 2.75) is 25.8 Å². The molecule has 0 amide bonds. The van der Waals surface area contributed by atoms with Crippen LogP contribution >= 0.6 is 0 Å². The smallest absolute Gasteiger partial charge is 0.0584 e. The predicted molar refractivity (Wildman–Crippen MR) is 32.8 cm³/mol. The van der Waals surface area contributed by atoms with Crippen LogP contribution in [0.25, 0.3) is 0 Å². The third-order valence-electron chi connectivity index (χ3n) is 1.21. The molecule has 0 radical (unpaired) electrons. The van der Waals surface area contributed by atoms with E-state index in [0.29, 0.717) is 6.42 Å². The number of aliphatic carboxylic acids is 1. The van der Waals surface area contributed by atoms with Crippen LogP contribution in [0, 0.1) is 0 Å². The monoisotopic (exact) mass is 130 g/mol. The average molecular weight is 130 g/mol. The Hall–Kier alpha value is -0.570. The van der Waals surface area contributed by atoms with E-state index in [-0.39, 0.29) is 0 Å². The van der Waals surface area contributed by atoms with Crippen molar-refractivity contribution in [3.63, 3.8) is 0 Å². The lowest BCUT2D eigenvalue weighted by Crippen LogP contribution is -2.43. The van der Waals surface area contributed by atoms with Gasteiger partial charge in [-0.2, -0.15) is 0 Å². The van der Waals surface area contributed by atoms with Gasteiger partial charge in [0.2, 0.25) is 0 Å². The van der Waals surface area contributed by atoms with E-state index in [9.17, 15) is 9.90 Å². The summed E-state index contributed by atoms with van der Waals surface area (Å²) in [5.74, 6) is -1.01. The molecule has 0 aliphatic carbocycles. The predicted octanol–water partition coefficient (Wildman–Crippen LogP) is -0.876. The first kappa shape index (κ1) is 8.43. The standard InChI is InChI=1S/C6H13NO2/c1-3-4-5(7-2)6(8)9/h5,7H,3-4H2,1-2H3,(H,8,9)/p-1. The molecule has 1 atom stereocenters. The second kappa shape index (κ2) is 4.32. The van der Waals surface area contributed by atoms with E-state index in [1.807, 2.05) is 6.92 Å². The SMILES string of the molecule is CCCC(NC)C(=O)[O-]. The molecule has 0 fully saturated rings. The Labute approximate surface area is 55.1 Å². The number of hydrogen-bond acceptors (Lipinski definition) is 3. The molecule has 0 aromatic carbocycles. The van der Waals surface area contributed by atoms with Gasteiger partial charge in [0.05, 0.1) is 5.97 Å². The van der Waals surface area contributed by atoms with E-state index in [1.165, 1.54) is 0 Å². The first-order valence-electron chi connectivity index (χ1n) is 3.10. The maximum Gasteiger partial charge on any atom is 0.0584 e. The normalized spacial score (nSPS) is 13.1. The summed E-state index contributed by atoms with van der Waals surface area (Å²) >= 11 is 0. The molecule has 0 rings (SSSR count). The minimum absolute atomic E-state index is 0.477. The molecular formula is C6H12NO2-. The van der Waals surface area contributed by atoms with Crippen LogP contribution in [0.1, 0.15) is 19.8 Å². The lowest BCUT2D eigenvalue weighted by atomic mass is 10.2. The van der Waals surface area contributed by atoms with Gasteiger partial charge in [0, 0.05) is 6.04 Å². The molecule has 0 aliphatic heterocycles. The summed E-state index contributed by atoms with van der Waals surface area (Å²) in [7, 11) is 1.62. The van der Waals surface area contributed by atoms with E-state index < -0.39 is 12.0 Å². The van der Waals surface area contributed by atoms with Gasteiger partial charge in [-0.3, -0.25) is 0 Å². The number of hydrogen-bond donors (Lipinski definition) is 1. The molecule has 0 aromatic rings. The van der Waals surface area contributed by atoms with Crippen LogP contribution in [0.2, 0.25) is 0 Å². The highest BCUT2D eigenvalue weighted by atomic mass is 16.4. The van der Waals surface area contributed by atoms with Gasteiger partial charge in [-0.25, -0.2) is 0 Å². The maximum absolute atomic E-state index is 10.1. The van der Waals surface area contributed by atoms with Gasteiger partial charge < -0.3 is 15.2 Å². The molecule has 0 aliphatic rings. The lowest BCUT2D eigenvalue weighted by molar-refractivity contribution is -0.308. The fourth-order valence-corrected chi connectivity index (χ4v) is 0.669. The molecule has 1 N–H and O–H groups in total. The van der Waals surface area contributed by atoms with E-state index in [2.05, 4.69) is 5.32 Å². The summed E-state index contributed by atoms with van der Waals surface area (Å²) in [5, 5.41) is 12.8. The minimum Gasteiger partial charge on any atom is -0.548 e. The number of carbonyl (C=O) groups excluding carboxylic acids is 1. The fourth-order valence-electron chi connectivity index (χ4n) is 0.669. The van der Waals surface area contributed by atoms with Crippen LogP contribution < -0.4 is 10.4 Å². The molecule has 0 bridgehead atoms. The van der Waals surface area contributed by atoms with Crippen molar-refractivity contribution in [2.24, 2.45) is 0 Å². The van der Waals surface area contributed by atoms with E-state index in [0.717, 1.165) is 6.42 Å². The zero-order valence-corrected chi connectivity index (χ0v) is 5.81. The minimum atomic E-state index is -1.01. The quantitative estimate of drug-likeness (QED) is 0.538. The first-order chi connectivity index (χ1) is 4.22. The second-order valence-corrected chi connectivity index (χ2v) is 1.95. The molecule has 0 spiro atoms. The first-order valence-corrected chi connectivity index (χ1v) is 3.10. The number of rotatable bonds is 4. The molecular weight excluding hydrogens is 118 g/mol. The fraction of sp³-hybridized carbons (Fsp3) is 0.833. The van der Waals surface area contributed by atoms with Crippen molar-refractivity contribution >= 4 is 5.97 Å². The van der Waals surface area contributed by atoms with Crippen LogP contribution in [0.15, 0.2) is 0 Å². The molecule has 54 valence electrons. The largest absolute Gasteiger partial charge is 0.548 e. The zero-order valence-electron chi connectivity index (χ0n) is 5.81. The summed E-state index contributed by atoms with van der Waals surface area (Å²) in [4.78, 5) is 10.1. The van der Waals surface area contributed by atoms with E-state index in [4.69, 9.17) is 0 Å². The van der Waals surface area contributed by atoms with Gasteiger partial charge in [0.15, 0.2) is 0 Å². The number of likely N-dealkylation sites (N-methyl/N-ethyl adjacent to an activating group) is 1. The molecule has 0 saturated heterocycles. The molecule has 0 heterocycles. The van der Waals surface area contributed by atoms with Gasteiger partial charge >= 0.3 is 0 Å². The van der Waals surface area contributed by atoms with E-state index >= 15 is 0 Å². The topological polar surface area (TPSA) is 52.2 Å². The van der Waals surface area contributed by atoms with Crippen LogP contribution in [0.3, 0.4) is 0 Å². The highest BCUT2D eigenvalue weighted by Gasteiger charge is 2.02. The lowest BCUT2D eigenvalue weighted by Gasteiger charge is -2.15. The highest BCUT2D eigenvalue weighted by Crippen LogP contribution is 1.92. The Balaban J connectivity index is 3.54. The van der Waals surface area contributed by atoms with Gasteiger partial charge in [-0.1, -0.05) is 13.3 Å². The van der Waals surface area contributed by atoms with Gasteiger partial charge in [-0.15, -0.1) is 0 Å². The molecule has 9 heavy (non-hydrogen) atoms. The van der Waals surface area contributed by atoms with Crippen molar-refractivity contribution in [3.05, 3.63) is 0 Å². The highest BCUT2D eigenvalue weighted by molar-refractivity contribution is 5.70. The third kappa shape index (κ3) is 3.08. The van der Waals surface area contributed by atoms with Crippen LogP contribution in [0.5, 0.6) is 0 Å². The molecule has 3 heteroatoms. The number of carbonyl (C=O) groups is 1. The third-order valence-corrected chi connectivity index (χ3v) is 1.21. The number of carboxylic acid groups (broad SMARTS) is 1.